The summed E-state index contributed by atoms with van der Waals surface area (Å²) in [6.07, 6.45) is 3.89. The van der Waals surface area contributed by atoms with E-state index in [2.05, 4.69) is 42.5 Å². The van der Waals surface area contributed by atoms with Crippen molar-refractivity contribution in [1.29, 1.82) is 0 Å². The number of hydrogen-bond donors (Lipinski definition) is 1. The first-order chi connectivity index (χ1) is 14.5. The molecule has 2 nitrogen and oxygen atoms in total. The van der Waals surface area contributed by atoms with Gasteiger partial charge in [-0.05, 0) is 82.5 Å². The summed E-state index contributed by atoms with van der Waals surface area (Å²) >= 11 is 0. The number of allylic oxidation sites excluding steroid dienone is 2. The van der Waals surface area contributed by atoms with Crippen molar-refractivity contribution >= 4 is 23.2 Å². The van der Waals surface area contributed by atoms with Crippen molar-refractivity contribution in [3.8, 4) is 0 Å². The van der Waals surface area contributed by atoms with Gasteiger partial charge in [-0.3, -0.25) is 4.79 Å². The molecule has 0 aliphatic heterocycles. The lowest BCUT2D eigenvalue weighted by Crippen LogP contribution is -1.97. The molecule has 0 spiro atoms. The number of halogens is 1. The molecule has 0 unspecified atom stereocenters. The average molecular weight is 398 g/mol. The Labute approximate surface area is 176 Å². The van der Waals surface area contributed by atoms with Crippen molar-refractivity contribution in [3.63, 3.8) is 0 Å². The first-order valence-corrected chi connectivity index (χ1v) is 10.1. The maximum atomic E-state index is 13.8. The zero-order valence-electron chi connectivity index (χ0n) is 16.9. The second-order valence-electron chi connectivity index (χ2n) is 7.65. The Hall–Kier alpha value is -3.46. The van der Waals surface area contributed by atoms with E-state index in [-0.39, 0.29) is 12.2 Å². The Morgan fingerprint density at radius 2 is 1.63 bits per heavy atom. The van der Waals surface area contributed by atoms with Crippen molar-refractivity contribution in [2.45, 2.75) is 26.2 Å². The molecule has 0 atom stereocenters. The third kappa shape index (κ3) is 4.25. The largest absolute Gasteiger partial charge is 0.481 e. The van der Waals surface area contributed by atoms with Crippen LogP contribution in [0.15, 0.2) is 78.4 Å². The van der Waals surface area contributed by atoms with Crippen LogP contribution in [0.3, 0.4) is 0 Å². The van der Waals surface area contributed by atoms with Gasteiger partial charge >= 0.3 is 5.97 Å². The van der Waals surface area contributed by atoms with Crippen LogP contribution >= 0.6 is 0 Å². The molecule has 30 heavy (non-hydrogen) atoms. The van der Waals surface area contributed by atoms with Gasteiger partial charge in [-0.1, -0.05) is 60.7 Å². The Balaban J connectivity index is 1.66. The molecule has 3 aromatic rings. The highest BCUT2D eigenvalue weighted by atomic mass is 19.1. The van der Waals surface area contributed by atoms with E-state index in [0.717, 1.165) is 35.1 Å². The summed E-state index contributed by atoms with van der Waals surface area (Å²) in [7, 11) is 0. The van der Waals surface area contributed by atoms with Gasteiger partial charge < -0.3 is 5.11 Å². The van der Waals surface area contributed by atoms with E-state index >= 15 is 0 Å². The molecule has 1 aliphatic carbocycles. The summed E-state index contributed by atoms with van der Waals surface area (Å²) < 4.78 is 13.8. The number of carbonyl (C=O) groups is 1. The molecule has 0 saturated heterocycles. The van der Waals surface area contributed by atoms with E-state index in [9.17, 15) is 14.3 Å². The first-order valence-electron chi connectivity index (χ1n) is 10.1. The summed E-state index contributed by atoms with van der Waals surface area (Å²) in [5, 5.41) is 9.30. The number of rotatable bonds is 6. The van der Waals surface area contributed by atoms with Crippen molar-refractivity contribution in [3.05, 3.63) is 112 Å². The molecule has 1 N–H and O–H groups in total. The molecule has 0 heterocycles. The van der Waals surface area contributed by atoms with Crippen molar-refractivity contribution in [1.82, 2.24) is 0 Å². The molecule has 0 saturated carbocycles. The first kappa shape index (κ1) is 19.8. The summed E-state index contributed by atoms with van der Waals surface area (Å²) in [5.41, 5.74) is 7.73. The Kier molecular flexibility index (Phi) is 5.62. The number of fused-ring (bicyclic) bond motifs is 1. The minimum atomic E-state index is -0.913. The monoisotopic (exact) mass is 398 g/mol. The quantitative estimate of drug-likeness (QED) is 0.521. The van der Waals surface area contributed by atoms with Crippen LogP contribution in [0.25, 0.3) is 17.2 Å². The van der Waals surface area contributed by atoms with Crippen LogP contribution in [-0.4, -0.2) is 11.1 Å². The second kappa shape index (κ2) is 8.50. The summed E-state index contributed by atoms with van der Waals surface area (Å²) in [6.45, 7) is 1.92. The molecule has 0 amide bonds. The number of aryl methyl sites for hydroxylation is 2. The lowest BCUT2D eigenvalue weighted by molar-refractivity contribution is -0.135. The average Bonchev–Trinajstić information content (AvgIpc) is 2.98. The highest BCUT2D eigenvalue weighted by Crippen LogP contribution is 2.43. The predicted molar refractivity (Wildman–Crippen MR) is 119 cm³/mol. The van der Waals surface area contributed by atoms with Gasteiger partial charge in [0.1, 0.15) is 5.82 Å². The topological polar surface area (TPSA) is 37.3 Å². The molecule has 0 aromatic heterocycles. The molecule has 0 fully saturated rings. The number of aliphatic carboxylic acids is 1. The lowest BCUT2D eigenvalue weighted by atomic mass is 9.98. The molecular formula is C27H23FO2. The van der Waals surface area contributed by atoms with E-state index < -0.39 is 5.97 Å². The summed E-state index contributed by atoms with van der Waals surface area (Å²) in [5.74, 6) is -1.27. The zero-order valence-corrected chi connectivity index (χ0v) is 16.9. The molecule has 4 rings (SSSR count). The molecular weight excluding hydrogens is 375 g/mol. The standard InChI is InChI=1S/C27H23FO2/c1-18-24(23-13-12-22(28)16-26(23)25(18)17-27(29)30)15-21-9-5-8-20(14-21)11-10-19-6-3-2-4-7-19/h2-9,12-16H,10-11,17H2,1H3,(H,29,30)/b24-15-. The van der Waals surface area contributed by atoms with E-state index in [1.54, 1.807) is 6.07 Å². The highest BCUT2D eigenvalue weighted by molar-refractivity contribution is 6.07. The third-order valence-corrected chi connectivity index (χ3v) is 5.59. The van der Waals surface area contributed by atoms with Crippen molar-refractivity contribution in [2.24, 2.45) is 0 Å². The molecule has 3 aromatic carbocycles. The zero-order chi connectivity index (χ0) is 21.1. The second-order valence-corrected chi connectivity index (χ2v) is 7.65. The van der Waals surface area contributed by atoms with Gasteiger partial charge in [0, 0.05) is 0 Å². The van der Waals surface area contributed by atoms with Gasteiger partial charge in [0.25, 0.3) is 0 Å². The molecule has 0 radical (unpaired) electrons. The highest BCUT2D eigenvalue weighted by Gasteiger charge is 2.25. The van der Waals surface area contributed by atoms with Gasteiger partial charge in [-0.15, -0.1) is 0 Å². The Morgan fingerprint density at radius 1 is 0.900 bits per heavy atom. The third-order valence-electron chi connectivity index (χ3n) is 5.59. The Bertz CT molecular complexity index is 1160. The molecule has 1 aliphatic rings. The van der Waals surface area contributed by atoms with E-state index in [1.807, 2.05) is 25.1 Å². The molecule has 0 bridgehead atoms. The minimum Gasteiger partial charge on any atom is -0.481 e. The number of benzene rings is 3. The van der Waals surface area contributed by atoms with Gasteiger partial charge in [0.05, 0.1) is 6.42 Å². The SMILES string of the molecule is CC1=C(CC(=O)O)c2cc(F)ccc2/C1=C\c1cccc(CCc2ccccc2)c1. The number of carboxylic acids is 1. The minimum absolute atomic E-state index is 0.114. The van der Waals surface area contributed by atoms with E-state index in [1.165, 1.54) is 23.3 Å². The van der Waals surface area contributed by atoms with Gasteiger partial charge in [0.2, 0.25) is 0 Å². The van der Waals surface area contributed by atoms with Crippen LogP contribution in [-0.2, 0) is 17.6 Å². The smallest absolute Gasteiger partial charge is 0.307 e. The van der Waals surface area contributed by atoms with Crippen molar-refractivity contribution in [2.75, 3.05) is 0 Å². The fourth-order valence-electron chi connectivity index (χ4n) is 4.07. The van der Waals surface area contributed by atoms with Gasteiger partial charge in [-0.25, -0.2) is 4.39 Å². The van der Waals surface area contributed by atoms with Crippen LogP contribution in [0.2, 0.25) is 0 Å². The predicted octanol–water partition coefficient (Wildman–Crippen LogP) is 6.41. The van der Waals surface area contributed by atoms with Crippen LogP contribution in [0.1, 0.15) is 41.2 Å². The van der Waals surface area contributed by atoms with Crippen molar-refractivity contribution < 1.29 is 14.3 Å². The maximum absolute atomic E-state index is 13.8. The summed E-state index contributed by atoms with van der Waals surface area (Å²) in [4.78, 5) is 11.3. The van der Waals surface area contributed by atoms with Crippen LogP contribution < -0.4 is 0 Å². The van der Waals surface area contributed by atoms with E-state index in [4.69, 9.17) is 0 Å². The molecule has 3 heteroatoms. The Morgan fingerprint density at radius 3 is 2.40 bits per heavy atom. The van der Waals surface area contributed by atoms with Gasteiger partial charge in [0.15, 0.2) is 0 Å². The normalized spacial score (nSPS) is 14.3. The van der Waals surface area contributed by atoms with Gasteiger partial charge in [-0.2, -0.15) is 0 Å². The van der Waals surface area contributed by atoms with E-state index in [0.29, 0.717) is 11.1 Å². The lowest BCUT2D eigenvalue weighted by Gasteiger charge is -2.07. The fraction of sp³-hybridized carbons (Fsp3) is 0.148. The fourth-order valence-corrected chi connectivity index (χ4v) is 4.07. The molecule has 150 valence electrons. The number of hydrogen-bond acceptors (Lipinski definition) is 1. The van der Waals surface area contributed by atoms with Crippen LogP contribution in [0, 0.1) is 5.82 Å². The summed E-state index contributed by atoms with van der Waals surface area (Å²) in [6, 6.07) is 23.4. The van der Waals surface area contributed by atoms with Crippen LogP contribution in [0.5, 0.6) is 0 Å². The van der Waals surface area contributed by atoms with Crippen LogP contribution in [0.4, 0.5) is 4.39 Å². The maximum Gasteiger partial charge on any atom is 0.307 e. The number of carboxylic acid groups (broad SMARTS) is 1.